The standard InChI is InChI=1S/C18H20N4O2S/c1-2-24-15-6-4-14(5-7-15)18-21-16(12-25-18)17(23)20-8-3-10-22-11-9-19-13-22/h4-7,9,11-13H,2-3,8,10H2,1H3,(H,20,23). The summed E-state index contributed by atoms with van der Waals surface area (Å²) in [5.41, 5.74) is 1.43. The van der Waals surface area contributed by atoms with Crippen LogP contribution < -0.4 is 10.1 Å². The number of aromatic nitrogens is 3. The van der Waals surface area contributed by atoms with E-state index in [1.165, 1.54) is 11.3 Å². The number of nitrogens with zero attached hydrogens (tertiary/aromatic N) is 3. The zero-order valence-electron chi connectivity index (χ0n) is 14.0. The lowest BCUT2D eigenvalue weighted by molar-refractivity contribution is 0.0948. The molecule has 0 atom stereocenters. The molecular formula is C18H20N4O2S. The Morgan fingerprint density at radius 3 is 2.88 bits per heavy atom. The Kier molecular flexibility index (Phi) is 5.79. The highest BCUT2D eigenvalue weighted by atomic mass is 32.1. The van der Waals surface area contributed by atoms with Gasteiger partial charge in [0.2, 0.25) is 0 Å². The predicted molar refractivity (Wildman–Crippen MR) is 97.9 cm³/mol. The van der Waals surface area contributed by atoms with E-state index in [-0.39, 0.29) is 5.91 Å². The van der Waals surface area contributed by atoms with E-state index in [9.17, 15) is 4.79 Å². The summed E-state index contributed by atoms with van der Waals surface area (Å²) in [6, 6.07) is 7.74. The van der Waals surface area contributed by atoms with Crippen LogP contribution in [0.15, 0.2) is 48.4 Å². The van der Waals surface area contributed by atoms with Crippen LogP contribution in [0.2, 0.25) is 0 Å². The van der Waals surface area contributed by atoms with Gasteiger partial charge in [0.25, 0.3) is 5.91 Å². The van der Waals surface area contributed by atoms with Gasteiger partial charge in [-0.05, 0) is 37.6 Å². The van der Waals surface area contributed by atoms with Crippen LogP contribution in [0.5, 0.6) is 5.75 Å². The predicted octanol–water partition coefficient (Wildman–Crippen LogP) is 3.23. The topological polar surface area (TPSA) is 69.0 Å². The van der Waals surface area contributed by atoms with E-state index < -0.39 is 0 Å². The number of hydrogen-bond donors (Lipinski definition) is 1. The number of ether oxygens (including phenoxy) is 1. The minimum Gasteiger partial charge on any atom is -0.494 e. The van der Waals surface area contributed by atoms with Crippen molar-refractivity contribution in [1.82, 2.24) is 19.9 Å². The fourth-order valence-electron chi connectivity index (χ4n) is 2.34. The van der Waals surface area contributed by atoms with Crippen molar-refractivity contribution in [2.45, 2.75) is 19.9 Å². The molecule has 3 aromatic rings. The van der Waals surface area contributed by atoms with Gasteiger partial charge in [-0.25, -0.2) is 9.97 Å². The van der Waals surface area contributed by atoms with Gasteiger partial charge in [0.1, 0.15) is 16.5 Å². The van der Waals surface area contributed by atoms with Crippen LogP contribution in [0.25, 0.3) is 10.6 Å². The van der Waals surface area contributed by atoms with Crippen molar-refractivity contribution in [1.29, 1.82) is 0 Å². The molecule has 3 rings (SSSR count). The Morgan fingerprint density at radius 2 is 2.16 bits per heavy atom. The van der Waals surface area contributed by atoms with Gasteiger partial charge >= 0.3 is 0 Å². The highest BCUT2D eigenvalue weighted by Crippen LogP contribution is 2.25. The average Bonchev–Trinajstić information content (AvgIpc) is 3.31. The van der Waals surface area contributed by atoms with Gasteiger partial charge in [-0.3, -0.25) is 4.79 Å². The van der Waals surface area contributed by atoms with Crippen LogP contribution in [0, 0.1) is 0 Å². The molecule has 0 spiro atoms. The molecule has 25 heavy (non-hydrogen) atoms. The number of carbonyl (C=O) groups is 1. The molecule has 7 heteroatoms. The van der Waals surface area contributed by atoms with E-state index >= 15 is 0 Å². The second kappa shape index (κ2) is 8.43. The molecule has 0 aliphatic carbocycles. The summed E-state index contributed by atoms with van der Waals surface area (Å²) < 4.78 is 7.42. The third kappa shape index (κ3) is 4.67. The quantitative estimate of drug-likeness (QED) is 0.629. The third-order valence-corrected chi connectivity index (χ3v) is 4.48. The summed E-state index contributed by atoms with van der Waals surface area (Å²) in [5.74, 6) is 0.692. The number of carbonyl (C=O) groups excluding carboxylic acids is 1. The average molecular weight is 356 g/mol. The van der Waals surface area contributed by atoms with Crippen molar-refractivity contribution < 1.29 is 9.53 Å². The minimum atomic E-state index is -0.140. The van der Waals surface area contributed by atoms with E-state index in [1.807, 2.05) is 42.0 Å². The Bertz CT molecular complexity index is 797. The molecule has 0 radical (unpaired) electrons. The molecule has 1 N–H and O–H groups in total. The van der Waals surface area contributed by atoms with E-state index in [1.54, 1.807) is 17.9 Å². The van der Waals surface area contributed by atoms with Gasteiger partial charge in [0.05, 0.1) is 12.9 Å². The summed E-state index contributed by atoms with van der Waals surface area (Å²) in [5, 5.41) is 5.52. The van der Waals surface area contributed by atoms with Gasteiger partial charge in [0.15, 0.2) is 0 Å². The molecule has 1 aromatic carbocycles. The molecule has 0 fully saturated rings. The number of thiazole rings is 1. The van der Waals surface area contributed by atoms with Crippen molar-refractivity contribution >= 4 is 17.2 Å². The minimum absolute atomic E-state index is 0.140. The maximum Gasteiger partial charge on any atom is 0.270 e. The van der Waals surface area contributed by atoms with Crippen molar-refractivity contribution in [2.24, 2.45) is 0 Å². The summed E-state index contributed by atoms with van der Waals surface area (Å²) in [4.78, 5) is 20.6. The molecule has 0 aliphatic heterocycles. The fraction of sp³-hybridized carbons (Fsp3) is 0.278. The van der Waals surface area contributed by atoms with Gasteiger partial charge in [-0.15, -0.1) is 11.3 Å². The van der Waals surface area contributed by atoms with Crippen LogP contribution in [0.4, 0.5) is 0 Å². The van der Waals surface area contributed by atoms with Crippen LogP contribution in [0.1, 0.15) is 23.8 Å². The van der Waals surface area contributed by atoms with Crippen molar-refractivity contribution in [3.05, 3.63) is 54.1 Å². The van der Waals surface area contributed by atoms with E-state index in [2.05, 4.69) is 15.3 Å². The van der Waals surface area contributed by atoms with Gasteiger partial charge < -0.3 is 14.6 Å². The molecule has 2 aromatic heterocycles. The maximum atomic E-state index is 12.2. The molecule has 130 valence electrons. The lowest BCUT2D eigenvalue weighted by atomic mass is 10.2. The SMILES string of the molecule is CCOc1ccc(-c2nc(C(=O)NCCCn3ccnc3)cs2)cc1. The second-order valence-electron chi connectivity index (χ2n) is 5.41. The first-order valence-corrected chi connectivity index (χ1v) is 9.07. The fourth-order valence-corrected chi connectivity index (χ4v) is 3.15. The smallest absolute Gasteiger partial charge is 0.270 e. The first-order valence-electron chi connectivity index (χ1n) is 8.19. The number of aryl methyl sites for hydroxylation is 1. The Hall–Kier alpha value is -2.67. The first-order chi connectivity index (χ1) is 12.3. The summed E-state index contributed by atoms with van der Waals surface area (Å²) in [6.07, 6.45) is 6.27. The molecule has 0 saturated heterocycles. The van der Waals surface area contributed by atoms with Crippen LogP contribution in [0.3, 0.4) is 0 Å². The second-order valence-corrected chi connectivity index (χ2v) is 6.26. The third-order valence-electron chi connectivity index (χ3n) is 3.59. The van der Waals surface area contributed by atoms with Gasteiger partial charge in [-0.1, -0.05) is 0 Å². The molecule has 1 amide bonds. The summed E-state index contributed by atoms with van der Waals surface area (Å²) >= 11 is 1.46. The van der Waals surface area contributed by atoms with Gasteiger partial charge in [-0.2, -0.15) is 0 Å². The maximum absolute atomic E-state index is 12.2. The molecule has 0 saturated carbocycles. The Balaban J connectivity index is 1.52. The largest absolute Gasteiger partial charge is 0.494 e. The first kappa shape index (κ1) is 17.2. The number of amides is 1. The molecule has 0 aliphatic rings. The molecule has 6 nitrogen and oxygen atoms in total. The molecule has 2 heterocycles. The zero-order valence-corrected chi connectivity index (χ0v) is 14.8. The number of benzene rings is 1. The molecule has 0 bridgehead atoms. The number of rotatable bonds is 8. The van der Waals surface area contributed by atoms with Crippen LogP contribution in [-0.4, -0.2) is 33.6 Å². The van der Waals surface area contributed by atoms with Crippen molar-refractivity contribution in [3.63, 3.8) is 0 Å². The molecule has 0 unspecified atom stereocenters. The van der Waals surface area contributed by atoms with E-state index in [0.29, 0.717) is 18.8 Å². The highest BCUT2D eigenvalue weighted by molar-refractivity contribution is 7.13. The van der Waals surface area contributed by atoms with Gasteiger partial charge in [0, 0.05) is 36.4 Å². The Morgan fingerprint density at radius 1 is 1.32 bits per heavy atom. The van der Waals surface area contributed by atoms with Crippen molar-refractivity contribution in [3.8, 4) is 16.3 Å². The lowest BCUT2D eigenvalue weighted by Gasteiger charge is -2.04. The number of imidazole rings is 1. The van der Waals surface area contributed by atoms with Crippen LogP contribution in [-0.2, 0) is 6.54 Å². The number of nitrogens with one attached hydrogen (secondary N) is 1. The Labute approximate surface area is 150 Å². The highest BCUT2D eigenvalue weighted by Gasteiger charge is 2.11. The zero-order chi connectivity index (χ0) is 17.5. The van der Waals surface area contributed by atoms with E-state index in [4.69, 9.17) is 4.74 Å². The molecular weight excluding hydrogens is 336 g/mol. The summed E-state index contributed by atoms with van der Waals surface area (Å²) in [7, 11) is 0. The monoisotopic (exact) mass is 356 g/mol. The number of hydrogen-bond acceptors (Lipinski definition) is 5. The van der Waals surface area contributed by atoms with Crippen molar-refractivity contribution in [2.75, 3.05) is 13.2 Å². The normalized spacial score (nSPS) is 10.6. The van der Waals surface area contributed by atoms with Crippen LogP contribution >= 0.6 is 11.3 Å². The summed E-state index contributed by atoms with van der Waals surface area (Å²) in [6.45, 7) is 4.03. The van der Waals surface area contributed by atoms with E-state index in [0.717, 1.165) is 29.3 Å². The lowest BCUT2D eigenvalue weighted by Crippen LogP contribution is -2.25.